The minimum Gasteiger partial charge on any atom is -0.497 e. The van der Waals surface area contributed by atoms with Gasteiger partial charge in [0.05, 0.1) is 13.2 Å². The lowest BCUT2D eigenvalue weighted by Gasteiger charge is -2.06. The van der Waals surface area contributed by atoms with E-state index in [9.17, 15) is 4.79 Å². The SMILES string of the molecule is COc1ccc(CCC2NC2C(=O)OC(C)C)cc1. The van der Waals surface area contributed by atoms with Gasteiger partial charge in [0.25, 0.3) is 0 Å². The molecule has 0 aromatic heterocycles. The van der Waals surface area contributed by atoms with E-state index < -0.39 is 0 Å². The minimum atomic E-state index is -0.130. The number of nitrogens with one attached hydrogen (secondary N) is 1. The Morgan fingerprint density at radius 1 is 1.32 bits per heavy atom. The number of aryl methyl sites for hydroxylation is 1. The van der Waals surface area contributed by atoms with E-state index in [1.807, 2.05) is 26.0 Å². The first-order valence-electron chi connectivity index (χ1n) is 6.69. The highest BCUT2D eigenvalue weighted by molar-refractivity contribution is 5.80. The molecule has 2 atom stereocenters. The van der Waals surface area contributed by atoms with E-state index in [1.165, 1.54) is 5.56 Å². The van der Waals surface area contributed by atoms with Gasteiger partial charge in [0.15, 0.2) is 0 Å². The van der Waals surface area contributed by atoms with Crippen LogP contribution in [0.25, 0.3) is 0 Å². The molecule has 0 radical (unpaired) electrons. The second kappa shape index (κ2) is 6.06. The molecule has 4 heteroatoms. The molecule has 0 amide bonds. The van der Waals surface area contributed by atoms with Crippen molar-refractivity contribution in [3.63, 3.8) is 0 Å². The molecule has 104 valence electrons. The molecule has 0 spiro atoms. The third-order valence-electron chi connectivity index (χ3n) is 3.20. The molecule has 19 heavy (non-hydrogen) atoms. The Kier molecular flexibility index (Phi) is 4.43. The van der Waals surface area contributed by atoms with Crippen molar-refractivity contribution < 1.29 is 14.3 Å². The highest BCUT2D eigenvalue weighted by Gasteiger charge is 2.43. The Hall–Kier alpha value is -1.55. The van der Waals surface area contributed by atoms with Crippen molar-refractivity contribution in [1.82, 2.24) is 5.32 Å². The van der Waals surface area contributed by atoms with Gasteiger partial charge < -0.3 is 9.47 Å². The number of rotatable bonds is 6. The summed E-state index contributed by atoms with van der Waals surface area (Å²) in [6.07, 6.45) is 1.86. The second-order valence-electron chi connectivity index (χ2n) is 5.12. The van der Waals surface area contributed by atoms with Crippen molar-refractivity contribution in [3.8, 4) is 5.75 Å². The van der Waals surface area contributed by atoms with Crippen molar-refractivity contribution in [1.29, 1.82) is 0 Å². The first-order valence-corrected chi connectivity index (χ1v) is 6.69. The molecule has 1 N–H and O–H groups in total. The smallest absolute Gasteiger partial charge is 0.325 e. The monoisotopic (exact) mass is 263 g/mol. The normalized spacial score (nSPS) is 21.3. The van der Waals surface area contributed by atoms with Crippen LogP contribution in [0.5, 0.6) is 5.75 Å². The van der Waals surface area contributed by atoms with Gasteiger partial charge >= 0.3 is 5.97 Å². The predicted molar refractivity (Wildman–Crippen MR) is 73.3 cm³/mol. The second-order valence-corrected chi connectivity index (χ2v) is 5.12. The number of ether oxygens (including phenoxy) is 2. The van der Waals surface area contributed by atoms with Gasteiger partial charge in [-0.2, -0.15) is 0 Å². The van der Waals surface area contributed by atoms with Crippen LogP contribution in [-0.4, -0.2) is 31.3 Å². The molecular formula is C15H21NO3. The molecule has 2 unspecified atom stereocenters. The molecule has 0 aliphatic carbocycles. The van der Waals surface area contributed by atoms with Gasteiger partial charge in [-0.1, -0.05) is 12.1 Å². The first-order chi connectivity index (χ1) is 9.10. The van der Waals surface area contributed by atoms with Crippen LogP contribution in [0.1, 0.15) is 25.8 Å². The lowest BCUT2D eigenvalue weighted by atomic mass is 10.1. The van der Waals surface area contributed by atoms with E-state index in [0.717, 1.165) is 18.6 Å². The predicted octanol–water partition coefficient (Wildman–Crippen LogP) is 1.92. The van der Waals surface area contributed by atoms with Crippen LogP contribution in [0.15, 0.2) is 24.3 Å². The van der Waals surface area contributed by atoms with Gasteiger partial charge in [0.1, 0.15) is 11.8 Å². The summed E-state index contributed by atoms with van der Waals surface area (Å²) in [7, 11) is 1.66. The third kappa shape index (κ3) is 3.96. The van der Waals surface area contributed by atoms with E-state index in [2.05, 4.69) is 17.4 Å². The fraction of sp³-hybridized carbons (Fsp3) is 0.533. The van der Waals surface area contributed by atoms with Crippen molar-refractivity contribution in [2.45, 2.75) is 44.9 Å². The Labute approximate surface area is 114 Å². The van der Waals surface area contributed by atoms with Crippen LogP contribution in [0.3, 0.4) is 0 Å². The van der Waals surface area contributed by atoms with Crippen molar-refractivity contribution >= 4 is 5.97 Å². The lowest BCUT2D eigenvalue weighted by molar-refractivity contribution is -0.146. The number of carbonyl (C=O) groups is 1. The molecule has 1 fully saturated rings. The Bertz CT molecular complexity index is 428. The maximum atomic E-state index is 11.6. The average Bonchev–Trinajstić information content (AvgIpc) is 3.16. The fourth-order valence-corrected chi connectivity index (χ4v) is 2.08. The number of methoxy groups -OCH3 is 1. The lowest BCUT2D eigenvalue weighted by Crippen LogP contribution is -2.19. The number of esters is 1. The number of benzene rings is 1. The molecule has 0 saturated carbocycles. The summed E-state index contributed by atoms with van der Waals surface area (Å²) in [5, 5.41) is 3.17. The standard InChI is InChI=1S/C15H21NO3/c1-10(2)19-15(17)14-13(16-14)9-6-11-4-7-12(18-3)8-5-11/h4-5,7-8,10,13-14,16H,6,9H2,1-3H3. The molecule has 1 aliphatic heterocycles. The van der Waals surface area contributed by atoms with Crippen LogP contribution >= 0.6 is 0 Å². The molecule has 2 rings (SSSR count). The van der Waals surface area contributed by atoms with Gasteiger partial charge in [-0.25, -0.2) is 0 Å². The summed E-state index contributed by atoms with van der Waals surface area (Å²) < 4.78 is 10.3. The topological polar surface area (TPSA) is 57.5 Å². The number of hydrogen-bond donors (Lipinski definition) is 1. The van der Waals surface area contributed by atoms with Gasteiger partial charge in [-0.05, 0) is 44.4 Å². The van der Waals surface area contributed by atoms with Gasteiger partial charge in [-0.15, -0.1) is 0 Å². The molecule has 4 nitrogen and oxygen atoms in total. The van der Waals surface area contributed by atoms with Crippen LogP contribution in [0.2, 0.25) is 0 Å². The van der Waals surface area contributed by atoms with Crippen molar-refractivity contribution in [2.24, 2.45) is 0 Å². The maximum absolute atomic E-state index is 11.6. The van der Waals surface area contributed by atoms with Gasteiger partial charge in [-0.3, -0.25) is 10.1 Å². The molecule has 0 bridgehead atoms. The summed E-state index contributed by atoms with van der Waals surface area (Å²) in [5.41, 5.74) is 1.26. The summed E-state index contributed by atoms with van der Waals surface area (Å²) >= 11 is 0. The molecule has 1 aromatic rings. The van der Waals surface area contributed by atoms with E-state index in [1.54, 1.807) is 7.11 Å². The number of hydrogen-bond acceptors (Lipinski definition) is 4. The number of carbonyl (C=O) groups excluding carboxylic acids is 1. The van der Waals surface area contributed by atoms with E-state index in [-0.39, 0.29) is 24.2 Å². The Balaban J connectivity index is 1.74. The third-order valence-corrected chi connectivity index (χ3v) is 3.20. The van der Waals surface area contributed by atoms with Crippen LogP contribution < -0.4 is 10.1 Å². The van der Waals surface area contributed by atoms with Crippen LogP contribution in [0.4, 0.5) is 0 Å². The van der Waals surface area contributed by atoms with Crippen LogP contribution in [0, 0.1) is 0 Å². The van der Waals surface area contributed by atoms with Crippen molar-refractivity contribution in [3.05, 3.63) is 29.8 Å². The average molecular weight is 263 g/mol. The van der Waals surface area contributed by atoms with E-state index in [4.69, 9.17) is 9.47 Å². The zero-order valence-electron chi connectivity index (χ0n) is 11.7. The summed E-state index contributed by atoms with van der Waals surface area (Å²) in [5.74, 6) is 0.737. The fourth-order valence-electron chi connectivity index (χ4n) is 2.08. The maximum Gasteiger partial charge on any atom is 0.325 e. The van der Waals surface area contributed by atoms with Crippen LogP contribution in [-0.2, 0) is 16.0 Å². The molecule has 1 aliphatic rings. The summed E-state index contributed by atoms with van der Waals surface area (Å²) in [4.78, 5) is 11.6. The zero-order valence-corrected chi connectivity index (χ0v) is 11.7. The molecule has 1 saturated heterocycles. The molecule has 1 heterocycles. The first kappa shape index (κ1) is 13.9. The molecule has 1 aromatic carbocycles. The quantitative estimate of drug-likeness (QED) is 0.629. The Morgan fingerprint density at radius 3 is 2.58 bits per heavy atom. The van der Waals surface area contributed by atoms with Gasteiger partial charge in [0, 0.05) is 6.04 Å². The van der Waals surface area contributed by atoms with E-state index in [0.29, 0.717) is 0 Å². The largest absolute Gasteiger partial charge is 0.497 e. The highest BCUT2D eigenvalue weighted by Crippen LogP contribution is 2.20. The minimum absolute atomic E-state index is 0.0443. The zero-order chi connectivity index (χ0) is 13.8. The summed E-state index contributed by atoms with van der Waals surface area (Å²) in [6, 6.07) is 8.18. The van der Waals surface area contributed by atoms with Gasteiger partial charge in [0.2, 0.25) is 0 Å². The summed E-state index contributed by atoms with van der Waals surface area (Å²) in [6.45, 7) is 3.74. The Morgan fingerprint density at radius 2 is 2.00 bits per heavy atom. The van der Waals surface area contributed by atoms with E-state index >= 15 is 0 Å². The molecular weight excluding hydrogens is 242 g/mol. The van der Waals surface area contributed by atoms with Crippen molar-refractivity contribution in [2.75, 3.05) is 7.11 Å². The highest BCUT2D eigenvalue weighted by atomic mass is 16.5.